The van der Waals surface area contributed by atoms with Crippen LogP contribution in [0.3, 0.4) is 0 Å². The van der Waals surface area contributed by atoms with Crippen molar-refractivity contribution in [1.29, 1.82) is 5.41 Å². The van der Waals surface area contributed by atoms with Gasteiger partial charge in [-0.15, -0.1) is 0 Å². The van der Waals surface area contributed by atoms with Crippen LogP contribution in [-0.2, 0) is 0 Å². The summed E-state index contributed by atoms with van der Waals surface area (Å²) in [6.45, 7) is 0. The van der Waals surface area contributed by atoms with Gasteiger partial charge in [0.1, 0.15) is 5.70 Å². The van der Waals surface area contributed by atoms with Crippen molar-refractivity contribution in [2.75, 3.05) is 4.90 Å². The minimum absolute atomic E-state index is 0.101. The maximum absolute atomic E-state index is 12.7. The van der Waals surface area contributed by atoms with Crippen molar-refractivity contribution < 1.29 is 13.2 Å². The highest BCUT2D eigenvalue weighted by molar-refractivity contribution is 6.06. The van der Waals surface area contributed by atoms with Crippen LogP contribution < -0.4 is 10.6 Å². The fourth-order valence-corrected chi connectivity index (χ4v) is 3.47. The average molecular weight is 458 g/mol. The van der Waals surface area contributed by atoms with E-state index in [0.717, 1.165) is 28.2 Å². The molecule has 0 unspecified atom stereocenters. The second-order valence-electron chi connectivity index (χ2n) is 7.49. The second-order valence-corrected chi connectivity index (χ2v) is 7.49. The number of benzene rings is 3. The number of nitrogens with zero attached hydrogens (tertiary/aromatic N) is 2. The van der Waals surface area contributed by atoms with Gasteiger partial charge >= 0.3 is 6.18 Å². The molecular weight excluding hydrogens is 437 g/mol. The van der Waals surface area contributed by atoms with E-state index in [1.54, 1.807) is 12.1 Å². The van der Waals surface area contributed by atoms with Gasteiger partial charge in [-0.05, 0) is 65.7 Å². The van der Waals surface area contributed by atoms with E-state index in [1.165, 1.54) is 6.20 Å². The summed E-state index contributed by atoms with van der Waals surface area (Å²) in [5, 5.41) is 7.95. The minimum atomic E-state index is -4.69. The number of pyridine rings is 1. The number of rotatable bonds is 6. The Morgan fingerprint density at radius 1 is 0.765 bits per heavy atom. The first-order valence-corrected chi connectivity index (χ1v) is 10.4. The minimum Gasteiger partial charge on any atom is -0.395 e. The molecule has 0 saturated carbocycles. The fourth-order valence-electron chi connectivity index (χ4n) is 3.47. The smallest absolute Gasteiger partial charge is 0.395 e. The number of allylic oxidation sites excluding steroid dienone is 2. The lowest BCUT2D eigenvalue weighted by atomic mass is 10.0. The Labute approximate surface area is 195 Å². The molecule has 34 heavy (non-hydrogen) atoms. The number of nitrogens with two attached hydrogens (primary N) is 1. The molecule has 0 radical (unpaired) electrons. The second kappa shape index (κ2) is 9.62. The number of hydrogen-bond donors (Lipinski definition) is 2. The van der Waals surface area contributed by atoms with E-state index in [2.05, 4.69) is 9.88 Å². The van der Waals surface area contributed by atoms with Gasteiger partial charge in [-0.2, -0.15) is 13.2 Å². The number of anilines is 3. The molecule has 1 aromatic heterocycles. The standard InChI is InChI=1S/C27H21F3N4/c28-27(29,30)26(32)18-24(31)25-17-20(15-16-33-25)19-11-13-23(14-12-19)34(21-7-3-1-4-8-21)22-9-5-2-6-10-22/h1-18,31H,32H2. The summed E-state index contributed by atoms with van der Waals surface area (Å²) in [6, 6.07) is 31.1. The van der Waals surface area contributed by atoms with E-state index in [-0.39, 0.29) is 5.69 Å². The molecule has 4 rings (SSSR count). The molecule has 4 nitrogen and oxygen atoms in total. The van der Waals surface area contributed by atoms with Crippen LogP contribution in [0.1, 0.15) is 5.69 Å². The highest BCUT2D eigenvalue weighted by Gasteiger charge is 2.31. The van der Waals surface area contributed by atoms with Crippen LogP contribution in [0.2, 0.25) is 0 Å². The lowest BCUT2D eigenvalue weighted by Gasteiger charge is -2.25. The molecule has 0 bridgehead atoms. The third-order valence-electron chi connectivity index (χ3n) is 5.15. The van der Waals surface area contributed by atoms with Crippen molar-refractivity contribution in [2.24, 2.45) is 5.73 Å². The summed E-state index contributed by atoms with van der Waals surface area (Å²) in [6.07, 6.45) is -2.65. The average Bonchev–Trinajstić information content (AvgIpc) is 2.85. The van der Waals surface area contributed by atoms with Gasteiger partial charge < -0.3 is 10.6 Å². The van der Waals surface area contributed by atoms with Gasteiger partial charge in [0.05, 0.1) is 11.4 Å². The summed E-state index contributed by atoms with van der Waals surface area (Å²) < 4.78 is 38.1. The Morgan fingerprint density at radius 3 is 1.82 bits per heavy atom. The molecule has 0 atom stereocenters. The number of para-hydroxylation sites is 2. The Bertz CT molecular complexity index is 1260. The predicted octanol–water partition coefficient (Wildman–Crippen LogP) is 6.99. The molecule has 0 fully saturated rings. The van der Waals surface area contributed by atoms with Gasteiger partial charge in [-0.1, -0.05) is 48.5 Å². The zero-order chi connectivity index (χ0) is 24.1. The van der Waals surface area contributed by atoms with Crippen LogP contribution in [-0.4, -0.2) is 16.9 Å². The van der Waals surface area contributed by atoms with Crippen molar-refractivity contribution in [2.45, 2.75) is 6.18 Å². The first-order valence-electron chi connectivity index (χ1n) is 10.4. The van der Waals surface area contributed by atoms with Gasteiger partial charge in [-0.25, -0.2) is 0 Å². The lowest BCUT2D eigenvalue weighted by molar-refractivity contribution is -0.0925. The van der Waals surface area contributed by atoms with Gasteiger partial charge in [0.2, 0.25) is 0 Å². The fraction of sp³-hybridized carbons (Fsp3) is 0.0370. The third-order valence-corrected chi connectivity index (χ3v) is 5.15. The first kappa shape index (κ1) is 22.8. The van der Waals surface area contributed by atoms with Crippen molar-refractivity contribution in [3.63, 3.8) is 0 Å². The molecule has 4 aromatic rings. The number of nitrogens with one attached hydrogen (secondary N) is 1. The molecule has 0 aliphatic carbocycles. The highest BCUT2D eigenvalue weighted by Crippen LogP contribution is 2.35. The lowest BCUT2D eigenvalue weighted by Crippen LogP contribution is -2.20. The molecule has 0 saturated heterocycles. The molecule has 0 aliphatic rings. The quantitative estimate of drug-likeness (QED) is 0.306. The first-order chi connectivity index (χ1) is 16.3. The molecule has 0 aliphatic heterocycles. The van der Waals surface area contributed by atoms with E-state index in [1.807, 2.05) is 84.9 Å². The maximum atomic E-state index is 12.7. The number of hydrogen-bond acceptors (Lipinski definition) is 4. The molecule has 3 aromatic carbocycles. The molecule has 7 heteroatoms. The number of aromatic nitrogens is 1. The van der Waals surface area contributed by atoms with Crippen molar-refractivity contribution in [3.8, 4) is 11.1 Å². The Morgan fingerprint density at radius 2 is 1.29 bits per heavy atom. The van der Waals surface area contributed by atoms with E-state index >= 15 is 0 Å². The molecule has 0 amide bonds. The van der Waals surface area contributed by atoms with Crippen molar-refractivity contribution in [3.05, 3.63) is 121 Å². The highest BCUT2D eigenvalue weighted by atomic mass is 19.4. The van der Waals surface area contributed by atoms with Gasteiger partial charge in [-0.3, -0.25) is 10.4 Å². The van der Waals surface area contributed by atoms with Crippen LogP contribution in [0.5, 0.6) is 0 Å². The van der Waals surface area contributed by atoms with Crippen molar-refractivity contribution >= 4 is 22.8 Å². The molecule has 3 N–H and O–H groups in total. The van der Waals surface area contributed by atoms with Crippen molar-refractivity contribution in [1.82, 2.24) is 4.98 Å². The van der Waals surface area contributed by atoms with Crippen LogP contribution in [0.25, 0.3) is 11.1 Å². The summed E-state index contributed by atoms with van der Waals surface area (Å²) >= 11 is 0. The molecule has 1 heterocycles. The Kier molecular flexibility index (Phi) is 6.45. The van der Waals surface area contributed by atoms with Crippen LogP contribution in [0.15, 0.2) is 115 Å². The number of alkyl halides is 3. The zero-order valence-electron chi connectivity index (χ0n) is 18.0. The SMILES string of the molecule is N=C(C=C(N)C(F)(F)F)c1cc(-c2ccc(N(c3ccccc3)c3ccccc3)cc2)ccn1. The Hall–Kier alpha value is -4.39. The topological polar surface area (TPSA) is 66.0 Å². The largest absolute Gasteiger partial charge is 0.430 e. The van der Waals surface area contributed by atoms with Crippen LogP contribution in [0, 0.1) is 5.41 Å². The van der Waals surface area contributed by atoms with E-state index in [0.29, 0.717) is 6.08 Å². The van der Waals surface area contributed by atoms with Gasteiger partial charge in [0.15, 0.2) is 0 Å². The molecule has 170 valence electrons. The summed E-state index contributed by atoms with van der Waals surface area (Å²) in [5.74, 6) is 0. The van der Waals surface area contributed by atoms with Gasteiger partial charge in [0.25, 0.3) is 0 Å². The monoisotopic (exact) mass is 458 g/mol. The Balaban J connectivity index is 1.65. The predicted molar refractivity (Wildman–Crippen MR) is 130 cm³/mol. The van der Waals surface area contributed by atoms with Crippen LogP contribution >= 0.6 is 0 Å². The molecular formula is C27H21F3N4. The third kappa shape index (κ3) is 5.15. The zero-order valence-corrected chi connectivity index (χ0v) is 18.0. The summed E-state index contributed by atoms with van der Waals surface area (Å²) in [5.41, 5.74) is 7.93. The van der Waals surface area contributed by atoms with Gasteiger partial charge in [0, 0.05) is 23.3 Å². The summed E-state index contributed by atoms with van der Waals surface area (Å²) in [4.78, 5) is 6.15. The summed E-state index contributed by atoms with van der Waals surface area (Å²) in [7, 11) is 0. The number of halogens is 3. The molecule has 0 spiro atoms. The normalized spacial score (nSPS) is 11.8. The maximum Gasteiger partial charge on any atom is 0.430 e. The van der Waals surface area contributed by atoms with E-state index in [4.69, 9.17) is 11.1 Å². The van der Waals surface area contributed by atoms with E-state index < -0.39 is 17.6 Å². The van der Waals surface area contributed by atoms with Crippen LogP contribution in [0.4, 0.5) is 30.2 Å². The van der Waals surface area contributed by atoms with E-state index in [9.17, 15) is 13.2 Å².